The summed E-state index contributed by atoms with van der Waals surface area (Å²) in [5.74, 6) is 0.764. The van der Waals surface area contributed by atoms with Crippen LogP contribution in [0.1, 0.15) is 38.4 Å². The highest BCUT2D eigenvalue weighted by atomic mass is 32.1. The molecule has 1 aliphatic rings. The van der Waals surface area contributed by atoms with Crippen molar-refractivity contribution in [3.8, 4) is 0 Å². The van der Waals surface area contributed by atoms with Crippen molar-refractivity contribution in [2.75, 3.05) is 5.73 Å². The molecule has 2 N–H and O–H groups in total. The van der Waals surface area contributed by atoms with Gasteiger partial charge in [0.1, 0.15) is 4.83 Å². The third-order valence-corrected chi connectivity index (χ3v) is 4.99. The summed E-state index contributed by atoms with van der Waals surface area (Å²) in [5, 5.41) is 2.08. The topological polar surface area (TPSA) is 38.9 Å². The van der Waals surface area contributed by atoms with Crippen LogP contribution >= 0.6 is 11.3 Å². The fraction of sp³-hybridized carbons (Fsp3) is 0.533. The zero-order chi connectivity index (χ0) is 12.9. The molecule has 1 atom stereocenters. The Hall–Kier alpha value is -1.09. The number of anilines is 1. The van der Waals surface area contributed by atoms with Crippen molar-refractivity contribution < 1.29 is 0 Å². The summed E-state index contributed by atoms with van der Waals surface area (Å²) in [4.78, 5) is 5.89. The molecule has 0 fully saturated rings. The zero-order valence-electron chi connectivity index (χ0n) is 11.3. The van der Waals surface area contributed by atoms with Crippen molar-refractivity contribution in [2.24, 2.45) is 11.3 Å². The van der Waals surface area contributed by atoms with E-state index in [0.717, 1.165) is 28.6 Å². The number of aromatic nitrogens is 1. The number of nitrogens with two attached hydrogens (primary N) is 1. The number of thiophene rings is 1. The van der Waals surface area contributed by atoms with E-state index in [9.17, 15) is 0 Å². The van der Waals surface area contributed by atoms with E-state index in [4.69, 9.17) is 10.7 Å². The van der Waals surface area contributed by atoms with Crippen molar-refractivity contribution >= 4 is 26.6 Å². The van der Waals surface area contributed by atoms with Gasteiger partial charge in [0.05, 0.1) is 5.00 Å². The summed E-state index contributed by atoms with van der Waals surface area (Å²) in [5.41, 5.74) is 8.99. The second-order valence-electron chi connectivity index (χ2n) is 6.44. The Morgan fingerprint density at radius 2 is 2.11 bits per heavy atom. The van der Waals surface area contributed by atoms with Gasteiger partial charge in [-0.25, -0.2) is 4.98 Å². The van der Waals surface area contributed by atoms with Crippen LogP contribution in [0.3, 0.4) is 0 Å². The quantitative estimate of drug-likeness (QED) is 0.776. The first-order valence-electron chi connectivity index (χ1n) is 6.61. The molecule has 18 heavy (non-hydrogen) atoms. The average Bonchev–Trinajstić information content (AvgIpc) is 2.62. The number of nitrogens with zero attached hydrogens (tertiary/aromatic N) is 1. The summed E-state index contributed by atoms with van der Waals surface area (Å²) in [7, 11) is 0. The molecule has 2 heterocycles. The molecule has 2 aromatic heterocycles. The lowest BCUT2D eigenvalue weighted by molar-refractivity contribution is 0.215. The normalized spacial score (nSPS) is 20.1. The van der Waals surface area contributed by atoms with Gasteiger partial charge < -0.3 is 5.73 Å². The van der Waals surface area contributed by atoms with Crippen molar-refractivity contribution in [1.82, 2.24) is 4.98 Å². The monoisotopic (exact) mass is 260 g/mol. The molecule has 3 rings (SSSR count). The van der Waals surface area contributed by atoms with E-state index in [2.05, 4.69) is 26.8 Å². The van der Waals surface area contributed by atoms with E-state index >= 15 is 0 Å². The molecule has 0 aromatic carbocycles. The molecule has 0 bridgehead atoms. The van der Waals surface area contributed by atoms with Crippen LogP contribution in [0.2, 0.25) is 0 Å². The van der Waals surface area contributed by atoms with E-state index in [-0.39, 0.29) is 0 Å². The molecule has 0 saturated heterocycles. The van der Waals surface area contributed by atoms with Gasteiger partial charge in [0, 0.05) is 11.1 Å². The number of fused-ring (bicyclic) bond motifs is 2. The summed E-state index contributed by atoms with van der Waals surface area (Å²) in [6.45, 7) is 7.03. The predicted octanol–water partition coefficient (Wildman–Crippen LogP) is 4.03. The summed E-state index contributed by atoms with van der Waals surface area (Å²) >= 11 is 1.60. The fourth-order valence-corrected chi connectivity index (χ4v) is 3.68. The molecule has 0 saturated carbocycles. The van der Waals surface area contributed by atoms with E-state index in [0.29, 0.717) is 5.41 Å². The highest BCUT2D eigenvalue weighted by molar-refractivity contribution is 7.22. The lowest BCUT2D eigenvalue weighted by Gasteiger charge is -2.34. The predicted molar refractivity (Wildman–Crippen MR) is 79.0 cm³/mol. The molecule has 0 radical (unpaired) electrons. The fourth-order valence-electron chi connectivity index (χ4n) is 2.88. The van der Waals surface area contributed by atoms with Crippen molar-refractivity contribution in [1.29, 1.82) is 0 Å². The minimum atomic E-state index is 0.389. The molecule has 1 unspecified atom stereocenters. The Morgan fingerprint density at radius 3 is 2.83 bits per heavy atom. The Morgan fingerprint density at radius 1 is 1.33 bits per heavy atom. The number of hydrogen-bond donors (Lipinski definition) is 1. The minimum absolute atomic E-state index is 0.389. The lowest BCUT2D eigenvalue weighted by atomic mass is 9.71. The van der Waals surface area contributed by atoms with E-state index in [1.54, 1.807) is 11.3 Å². The highest BCUT2D eigenvalue weighted by Gasteiger charge is 2.29. The molecule has 96 valence electrons. The van der Waals surface area contributed by atoms with Gasteiger partial charge in [0.15, 0.2) is 0 Å². The van der Waals surface area contributed by atoms with Crippen LogP contribution in [0.4, 0.5) is 5.00 Å². The molecular weight excluding hydrogens is 240 g/mol. The van der Waals surface area contributed by atoms with Crippen LogP contribution < -0.4 is 5.73 Å². The largest absolute Gasteiger partial charge is 0.391 e. The molecular formula is C15H20N2S. The first kappa shape index (κ1) is 12.0. The molecule has 3 heteroatoms. The molecule has 2 nitrogen and oxygen atoms in total. The average molecular weight is 260 g/mol. The zero-order valence-corrected chi connectivity index (χ0v) is 12.1. The second-order valence-corrected chi connectivity index (χ2v) is 7.51. The summed E-state index contributed by atoms with van der Waals surface area (Å²) in [6.07, 6.45) is 3.54. The molecule has 0 aliphatic heterocycles. The maximum atomic E-state index is 5.86. The first-order chi connectivity index (χ1) is 8.43. The highest BCUT2D eigenvalue weighted by Crippen LogP contribution is 2.38. The summed E-state index contributed by atoms with van der Waals surface area (Å²) < 4.78 is 0. The van der Waals surface area contributed by atoms with Crippen LogP contribution in [0.5, 0.6) is 0 Å². The Kier molecular flexibility index (Phi) is 2.63. The Bertz CT molecular complexity index is 592. The van der Waals surface area contributed by atoms with Crippen molar-refractivity contribution in [3.05, 3.63) is 23.4 Å². The van der Waals surface area contributed by atoms with Crippen LogP contribution in [0.25, 0.3) is 10.2 Å². The smallest absolute Gasteiger partial charge is 0.125 e. The third-order valence-electron chi connectivity index (χ3n) is 4.12. The summed E-state index contributed by atoms with van der Waals surface area (Å²) in [6, 6.07) is 4.36. The SMILES string of the molecule is CC(C)(C)C1CCc2nc3sc(N)cc3cc2C1. The van der Waals surface area contributed by atoms with Crippen molar-refractivity contribution in [3.63, 3.8) is 0 Å². The van der Waals surface area contributed by atoms with Gasteiger partial charge in [-0.2, -0.15) is 0 Å². The van der Waals surface area contributed by atoms with Gasteiger partial charge in [-0.15, -0.1) is 0 Å². The number of hydrogen-bond acceptors (Lipinski definition) is 3. The third kappa shape index (κ3) is 2.01. The van der Waals surface area contributed by atoms with Gasteiger partial charge in [-0.3, -0.25) is 0 Å². The van der Waals surface area contributed by atoms with Gasteiger partial charge in [-0.1, -0.05) is 32.1 Å². The van der Waals surface area contributed by atoms with Crippen LogP contribution in [0, 0.1) is 11.3 Å². The minimum Gasteiger partial charge on any atom is -0.391 e. The van der Waals surface area contributed by atoms with E-state index in [1.165, 1.54) is 23.1 Å². The van der Waals surface area contributed by atoms with Crippen molar-refractivity contribution in [2.45, 2.75) is 40.0 Å². The van der Waals surface area contributed by atoms with Gasteiger partial charge >= 0.3 is 0 Å². The van der Waals surface area contributed by atoms with Crippen LogP contribution in [-0.4, -0.2) is 4.98 Å². The lowest BCUT2D eigenvalue weighted by Crippen LogP contribution is -2.27. The standard InChI is InChI=1S/C15H20N2S/c1-15(2,3)11-4-5-12-9(7-11)6-10-8-13(16)18-14(10)17-12/h6,8,11H,4-5,7,16H2,1-3H3. The van der Waals surface area contributed by atoms with Crippen LogP contribution in [0.15, 0.2) is 12.1 Å². The molecule has 2 aromatic rings. The first-order valence-corrected chi connectivity index (χ1v) is 7.43. The number of aryl methyl sites for hydroxylation is 1. The maximum absolute atomic E-state index is 5.86. The van der Waals surface area contributed by atoms with Gasteiger partial charge in [0.25, 0.3) is 0 Å². The molecule has 0 spiro atoms. The maximum Gasteiger partial charge on any atom is 0.125 e. The van der Waals surface area contributed by atoms with E-state index < -0.39 is 0 Å². The second kappa shape index (κ2) is 3.95. The van der Waals surface area contributed by atoms with Crippen LogP contribution in [-0.2, 0) is 12.8 Å². The Labute approximate surface area is 112 Å². The van der Waals surface area contributed by atoms with E-state index in [1.807, 2.05) is 6.07 Å². The molecule has 1 aliphatic carbocycles. The van der Waals surface area contributed by atoms with Gasteiger partial charge in [0.2, 0.25) is 0 Å². The number of rotatable bonds is 0. The molecule has 0 amide bonds. The Balaban J connectivity index is 2.02. The number of pyridine rings is 1. The number of nitrogen functional groups attached to an aromatic ring is 1. The van der Waals surface area contributed by atoms with Gasteiger partial charge in [-0.05, 0) is 48.3 Å².